The average molecular weight is 1950 g/mol. The average Bonchev–Trinajstić information content (AvgIpc) is 1.54. The van der Waals surface area contributed by atoms with Gasteiger partial charge < -0.3 is 17.7 Å². The molecule has 8 heterocycles. The van der Waals surface area contributed by atoms with Crippen LogP contribution in [-0.2, 0) is 42.8 Å². The molecule has 12 aromatic carbocycles. The standard InChI is InChI=1S/C38H44NO.C36H39NO.C34H34NO.C32H32NO/c1-22(2)19-38(20-23(3)4)30-13-11-10-12-27(30)35-31(38)16-17-33-36(35)28-15-14-25(7)34(37(28)40-33)32-18-29(24(5)6)26(8)21-39(32)9;1-21(2)18-36(19-22(3)4)30-14-9-8-11-25(30)26-15-16-32-33(34(26)36)28-13-10-12-27(35(28)38-32)31-17-29(23(5)6)24(7)20-37-31;1-20(2)26-18-28(35(5)19-22(26)4)30-21(3)12-13-25-31-29(36-33(25)30)15-14-24-23-10-6-7-11-27(23)34(32(24)31)16-8-9-17-34;1-18(2)23-16-26(33(7)17-20(23)4)28-19(3)12-13-22-30-27(34-31(22)28)15-14-25-29(30)21-10-8-9-11-24(21)32(25,5)6/h10-18,21-24H,19-20H2,1-9H3;8-17,20-23H,18-19H2,1-7H3;6-7,10-15,18-20H,8-9,16-17H2,1-5H3;8-18H,1-7H3/q+1;;2*+1. The van der Waals surface area contributed by atoms with Gasteiger partial charge in [0, 0.05) is 111 Å². The van der Waals surface area contributed by atoms with E-state index in [4.69, 9.17) is 22.7 Å². The largest absolute Gasteiger partial charge is 0.455 e. The molecule has 8 heteroatoms. The lowest BCUT2D eigenvalue weighted by atomic mass is 9.67. The third-order valence-corrected chi connectivity index (χ3v) is 34.6. The first-order valence-electron chi connectivity index (χ1n) is 55.2. The highest BCUT2D eigenvalue weighted by Gasteiger charge is 2.51. The molecule has 0 aliphatic heterocycles. The zero-order valence-corrected chi connectivity index (χ0v) is 92.9. The second kappa shape index (κ2) is 37.3. The highest BCUT2D eigenvalue weighted by Crippen LogP contribution is 2.64. The molecule has 8 aromatic heterocycles. The number of aryl methyl sites for hydroxylation is 10. The molecule has 1 saturated carbocycles. The lowest BCUT2D eigenvalue weighted by molar-refractivity contribution is -0.660. The van der Waals surface area contributed by atoms with E-state index in [1.54, 1.807) is 0 Å². The van der Waals surface area contributed by atoms with Crippen molar-refractivity contribution in [3.63, 3.8) is 0 Å². The second-order valence-corrected chi connectivity index (χ2v) is 48.4. The van der Waals surface area contributed by atoms with Crippen molar-refractivity contribution in [1.82, 2.24) is 4.98 Å². The van der Waals surface area contributed by atoms with Crippen LogP contribution < -0.4 is 13.7 Å². The number of aromatic nitrogens is 4. The third kappa shape index (κ3) is 15.7. The van der Waals surface area contributed by atoms with Crippen LogP contribution in [0.3, 0.4) is 0 Å². The Hall–Kier alpha value is -13.6. The zero-order chi connectivity index (χ0) is 104. The summed E-state index contributed by atoms with van der Waals surface area (Å²) in [6.07, 6.45) is 18.4. The fourth-order valence-electron chi connectivity index (χ4n) is 28.9. The summed E-state index contributed by atoms with van der Waals surface area (Å²) < 4.78 is 33.9. The Morgan fingerprint density at radius 2 is 0.628 bits per heavy atom. The summed E-state index contributed by atoms with van der Waals surface area (Å²) in [6, 6.07) is 84.1. The summed E-state index contributed by atoms with van der Waals surface area (Å²) >= 11 is 0. The van der Waals surface area contributed by atoms with E-state index >= 15 is 0 Å². The minimum Gasteiger partial charge on any atom is -0.455 e. The fourth-order valence-corrected chi connectivity index (χ4v) is 28.9. The van der Waals surface area contributed by atoms with Crippen LogP contribution in [0.25, 0.3) is 177 Å². The van der Waals surface area contributed by atoms with Crippen LogP contribution in [0.1, 0.15) is 305 Å². The molecule has 0 amide bonds. The van der Waals surface area contributed by atoms with Crippen molar-refractivity contribution < 1.29 is 31.4 Å². The Kier molecular flexibility index (Phi) is 25.0. The molecule has 0 radical (unpaired) electrons. The Morgan fingerprint density at radius 1 is 0.284 bits per heavy atom. The van der Waals surface area contributed by atoms with E-state index in [1.165, 1.54) is 253 Å². The second-order valence-electron chi connectivity index (χ2n) is 48.4. The summed E-state index contributed by atoms with van der Waals surface area (Å²) in [4.78, 5) is 4.86. The number of nitrogens with zero attached hydrogens (tertiary/aromatic N) is 4. The SMILES string of the molecule is Cc1c[n+](C)c(-c2c(C)ccc3c2oc2ccc4c(c23)-c2ccccc2C4(C)C)cc1C(C)C.Cc1c[n+](C)c(-c2c(C)ccc3c2oc2ccc4c(c23)-c2ccccc2C4(CC(C)C)CC(C)C)cc1C(C)C.Cc1c[n+](C)c(-c2c(C)ccc3c2oc2ccc4c(c23)C2(CCCC2)c2ccccc2-4)cc1C(C)C.Cc1cnc(-c2cccc3c2oc2ccc4c(c23)C(CC(C)C)(CC(C)C)c2ccccc2-4)cc1C(C)C. The van der Waals surface area contributed by atoms with Gasteiger partial charge in [-0.15, -0.1) is 0 Å². The van der Waals surface area contributed by atoms with Gasteiger partial charge in [0.15, 0.2) is 18.6 Å². The molecule has 0 saturated heterocycles. The molecule has 0 atom stereocenters. The van der Waals surface area contributed by atoms with Crippen LogP contribution in [0.5, 0.6) is 0 Å². The molecule has 0 N–H and O–H groups in total. The predicted molar refractivity (Wildman–Crippen MR) is 620 cm³/mol. The van der Waals surface area contributed by atoms with Crippen molar-refractivity contribution in [1.29, 1.82) is 0 Å². The Morgan fingerprint density at radius 3 is 1.09 bits per heavy atom. The molecular formula is C140H149N4O4+3. The summed E-state index contributed by atoms with van der Waals surface area (Å²) in [6.45, 7) is 57.2. The molecule has 8 nitrogen and oxygen atoms in total. The van der Waals surface area contributed by atoms with E-state index < -0.39 is 0 Å². The van der Waals surface area contributed by atoms with E-state index in [0.29, 0.717) is 47.3 Å². The maximum absolute atomic E-state index is 6.86. The molecule has 0 bridgehead atoms. The van der Waals surface area contributed by atoms with Crippen LogP contribution >= 0.6 is 0 Å². The minimum absolute atomic E-state index is 0.0210. The number of benzene rings is 12. The molecule has 1 fully saturated rings. The predicted octanol–water partition coefficient (Wildman–Crippen LogP) is 37.4. The summed E-state index contributed by atoms with van der Waals surface area (Å²) in [7, 11) is 6.46. The lowest BCUT2D eigenvalue weighted by Crippen LogP contribution is -2.32. The number of pyridine rings is 4. The Labute approximate surface area is 877 Å². The highest BCUT2D eigenvalue weighted by atomic mass is 16.3. The maximum Gasteiger partial charge on any atom is 0.216 e. The Bertz CT molecular complexity index is 8770. The van der Waals surface area contributed by atoms with E-state index in [2.05, 4.69) is 451 Å². The maximum atomic E-state index is 6.86. The van der Waals surface area contributed by atoms with E-state index in [-0.39, 0.29) is 21.7 Å². The molecule has 750 valence electrons. The summed E-state index contributed by atoms with van der Waals surface area (Å²) in [5.41, 5.74) is 54.6. The molecule has 5 aliphatic rings. The van der Waals surface area contributed by atoms with Gasteiger partial charge in [0.2, 0.25) is 17.1 Å². The number of furan rings is 4. The van der Waals surface area contributed by atoms with Gasteiger partial charge in [-0.2, -0.15) is 0 Å². The van der Waals surface area contributed by atoms with Crippen molar-refractivity contribution in [2.24, 2.45) is 44.8 Å². The van der Waals surface area contributed by atoms with Gasteiger partial charge in [-0.25, -0.2) is 13.7 Å². The summed E-state index contributed by atoms with van der Waals surface area (Å²) in [5, 5.41) is 10.0. The number of para-hydroxylation sites is 1. The van der Waals surface area contributed by atoms with Crippen molar-refractivity contribution in [2.45, 2.75) is 270 Å². The fraction of sp³-hybridized carbons (Fsp3) is 0.343. The quantitative estimate of drug-likeness (QED) is 0.0901. The van der Waals surface area contributed by atoms with Gasteiger partial charge in [-0.3, -0.25) is 4.98 Å². The topological polar surface area (TPSA) is 77.1 Å². The van der Waals surface area contributed by atoms with Crippen molar-refractivity contribution in [3.05, 3.63) is 355 Å². The Balaban J connectivity index is 0.000000112. The number of hydrogen-bond donors (Lipinski definition) is 0. The zero-order valence-electron chi connectivity index (χ0n) is 92.9. The van der Waals surface area contributed by atoms with Crippen molar-refractivity contribution in [2.75, 3.05) is 0 Å². The first kappa shape index (κ1) is 99.1. The molecule has 20 aromatic rings. The smallest absolute Gasteiger partial charge is 0.216 e. The van der Waals surface area contributed by atoms with Crippen LogP contribution in [0.2, 0.25) is 0 Å². The summed E-state index contributed by atoms with van der Waals surface area (Å²) in [5.74, 6) is 4.19. The van der Waals surface area contributed by atoms with Gasteiger partial charge >= 0.3 is 0 Å². The molecule has 148 heavy (non-hydrogen) atoms. The molecule has 0 unspecified atom stereocenters. The third-order valence-electron chi connectivity index (χ3n) is 34.6. The lowest BCUT2D eigenvalue weighted by Gasteiger charge is -2.36. The van der Waals surface area contributed by atoms with E-state index in [0.717, 1.165) is 81.6 Å². The normalized spacial score (nSPS) is 14.6. The number of hydrogen-bond acceptors (Lipinski definition) is 5. The minimum atomic E-state index is -0.0342. The van der Waals surface area contributed by atoms with Gasteiger partial charge in [0.05, 0.1) is 22.4 Å². The number of fused-ring (bicyclic) bond motifs is 30. The number of rotatable bonds is 16. The van der Waals surface area contributed by atoms with Crippen molar-refractivity contribution >= 4 is 87.8 Å². The van der Waals surface area contributed by atoms with Crippen LogP contribution in [0.15, 0.2) is 267 Å². The molecule has 5 aliphatic carbocycles. The highest BCUT2D eigenvalue weighted by molar-refractivity contribution is 6.21. The van der Waals surface area contributed by atoms with Crippen LogP contribution in [0.4, 0.5) is 0 Å². The van der Waals surface area contributed by atoms with Crippen molar-refractivity contribution in [3.8, 4) is 89.5 Å². The van der Waals surface area contributed by atoms with Gasteiger partial charge in [-0.1, -0.05) is 307 Å². The van der Waals surface area contributed by atoms with E-state index in [1.807, 2.05) is 6.20 Å². The van der Waals surface area contributed by atoms with E-state index in [9.17, 15) is 0 Å². The van der Waals surface area contributed by atoms with Gasteiger partial charge in [0.1, 0.15) is 65.8 Å². The molecular weight excluding hydrogens is 1800 g/mol. The molecule has 25 rings (SSSR count). The first-order chi connectivity index (χ1) is 70.8. The molecule has 1 spiro atoms. The van der Waals surface area contributed by atoms with Crippen LogP contribution in [-0.4, -0.2) is 4.98 Å². The first-order valence-corrected chi connectivity index (χ1v) is 55.2. The van der Waals surface area contributed by atoms with Gasteiger partial charge in [-0.05, 0) is 304 Å². The van der Waals surface area contributed by atoms with Crippen LogP contribution in [0, 0.1) is 72.1 Å². The monoisotopic (exact) mass is 1950 g/mol. The van der Waals surface area contributed by atoms with Gasteiger partial charge in [0.25, 0.3) is 0 Å².